The molecule has 0 spiro atoms. The van der Waals surface area contributed by atoms with Gasteiger partial charge in [0.15, 0.2) is 0 Å². The van der Waals surface area contributed by atoms with Crippen LogP contribution in [0, 0.1) is 0 Å². The summed E-state index contributed by atoms with van der Waals surface area (Å²) in [5, 5.41) is 0. The Kier molecular flexibility index (Phi) is 3.90. The van der Waals surface area contributed by atoms with Gasteiger partial charge in [-0.05, 0) is 24.5 Å². The summed E-state index contributed by atoms with van der Waals surface area (Å²) < 4.78 is 44.0. The number of rotatable bonds is 3. The molecule has 0 saturated heterocycles. The first-order valence-electron chi connectivity index (χ1n) is 6.07. The van der Waals surface area contributed by atoms with E-state index in [1.165, 1.54) is 19.4 Å². The fourth-order valence-electron chi connectivity index (χ4n) is 2.52. The summed E-state index contributed by atoms with van der Waals surface area (Å²) in [6.07, 6.45) is 0.743. The first-order chi connectivity index (χ1) is 8.52. The van der Waals surface area contributed by atoms with Crippen molar-refractivity contribution in [3.8, 4) is 0 Å². The van der Waals surface area contributed by atoms with Gasteiger partial charge in [0.05, 0.1) is 17.9 Å². The fraction of sp³-hybridized carbons (Fsp3) is 0.615. The van der Waals surface area contributed by atoms with Gasteiger partial charge in [0.1, 0.15) is 0 Å². The Morgan fingerprint density at radius 2 is 2.00 bits per heavy atom. The van der Waals surface area contributed by atoms with Crippen LogP contribution in [0.15, 0.2) is 12.3 Å². The van der Waals surface area contributed by atoms with Crippen molar-refractivity contribution in [2.24, 2.45) is 0 Å². The van der Waals surface area contributed by atoms with Gasteiger partial charge in [-0.2, -0.15) is 13.2 Å². The summed E-state index contributed by atoms with van der Waals surface area (Å²) in [6.45, 7) is 0.154. The maximum atomic E-state index is 13.0. The number of alkyl halides is 3. The summed E-state index contributed by atoms with van der Waals surface area (Å²) >= 11 is 0. The molecule has 18 heavy (non-hydrogen) atoms. The molecule has 0 radical (unpaired) electrons. The van der Waals surface area contributed by atoms with Crippen LogP contribution in [0.4, 0.5) is 13.2 Å². The second-order valence-corrected chi connectivity index (χ2v) is 4.69. The molecule has 1 saturated carbocycles. The minimum absolute atomic E-state index is 0.0433. The first-order valence-corrected chi connectivity index (χ1v) is 6.07. The molecule has 1 aromatic heterocycles. The van der Waals surface area contributed by atoms with Gasteiger partial charge < -0.3 is 4.74 Å². The number of aromatic nitrogens is 1. The van der Waals surface area contributed by atoms with Crippen LogP contribution in [-0.4, -0.2) is 12.1 Å². The maximum absolute atomic E-state index is 13.0. The molecular formula is C13H16F3NO. The van der Waals surface area contributed by atoms with Crippen LogP contribution in [0.25, 0.3) is 0 Å². The van der Waals surface area contributed by atoms with E-state index < -0.39 is 11.7 Å². The Labute approximate surface area is 104 Å². The number of ether oxygens (including phenoxy) is 1. The van der Waals surface area contributed by atoms with Gasteiger partial charge in [0.25, 0.3) is 0 Å². The lowest BCUT2D eigenvalue weighted by molar-refractivity contribution is -0.138. The van der Waals surface area contributed by atoms with Gasteiger partial charge in [-0.3, -0.25) is 4.98 Å². The molecule has 0 unspecified atom stereocenters. The molecule has 2 rings (SSSR count). The summed E-state index contributed by atoms with van der Waals surface area (Å²) in [5.74, 6) is -0.0433. The molecule has 0 aliphatic heterocycles. The van der Waals surface area contributed by atoms with Crippen LogP contribution >= 0.6 is 0 Å². The van der Waals surface area contributed by atoms with Crippen molar-refractivity contribution < 1.29 is 17.9 Å². The molecule has 0 N–H and O–H groups in total. The van der Waals surface area contributed by atoms with Crippen molar-refractivity contribution in [1.82, 2.24) is 4.98 Å². The van der Waals surface area contributed by atoms with Crippen LogP contribution in [0.2, 0.25) is 0 Å². The molecule has 1 heterocycles. The Morgan fingerprint density at radius 3 is 2.56 bits per heavy atom. The quantitative estimate of drug-likeness (QED) is 0.821. The highest BCUT2D eigenvalue weighted by molar-refractivity contribution is 5.30. The van der Waals surface area contributed by atoms with Gasteiger partial charge in [0, 0.05) is 19.2 Å². The molecular weight excluding hydrogens is 243 g/mol. The Hall–Kier alpha value is -1.10. The number of nitrogens with zero attached hydrogens (tertiary/aromatic N) is 1. The number of halogens is 3. The van der Waals surface area contributed by atoms with Crippen LogP contribution in [-0.2, 0) is 17.5 Å². The maximum Gasteiger partial charge on any atom is 0.418 e. The highest BCUT2D eigenvalue weighted by atomic mass is 19.4. The predicted molar refractivity (Wildman–Crippen MR) is 61.2 cm³/mol. The lowest BCUT2D eigenvalue weighted by Crippen LogP contribution is -2.14. The summed E-state index contributed by atoms with van der Waals surface area (Å²) in [4.78, 5) is 4.05. The van der Waals surface area contributed by atoms with Crippen molar-refractivity contribution in [2.75, 3.05) is 7.11 Å². The van der Waals surface area contributed by atoms with Gasteiger partial charge in [-0.1, -0.05) is 12.8 Å². The summed E-state index contributed by atoms with van der Waals surface area (Å²) in [7, 11) is 1.46. The smallest absolute Gasteiger partial charge is 0.380 e. The zero-order valence-electron chi connectivity index (χ0n) is 10.3. The monoisotopic (exact) mass is 259 g/mol. The van der Waals surface area contributed by atoms with Crippen LogP contribution in [0.1, 0.15) is 48.4 Å². The minimum Gasteiger partial charge on any atom is -0.380 e. The van der Waals surface area contributed by atoms with E-state index >= 15 is 0 Å². The van der Waals surface area contributed by atoms with Gasteiger partial charge in [0.2, 0.25) is 0 Å². The lowest BCUT2D eigenvalue weighted by atomic mass is 9.97. The fourth-order valence-corrected chi connectivity index (χ4v) is 2.52. The Balaban J connectivity index is 2.38. The Bertz CT molecular complexity index is 411. The lowest BCUT2D eigenvalue weighted by Gasteiger charge is -2.17. The minimum atomic E-state index is -4.34. The van der Waals surface area contributed by atoms with E-state index in [-0.39, 0.29) is 18.2 Å². The number of methoxy groups -OCH3 is 1. The number of pyridine rings is 1. The van der Waals surface area contributed by atoms with E-state index in [9.17, 15) is 13.2 Å². The molecule has 1 aromatic rings. The predicted octanol–water partition coefficient (Wildman–Crippen LogP) is 3.90. The number of hydrogen-bond acceptors (Lipinski definition) is 2. The summed E-state index contributed by atoms with van der Waals surface area (Å²) in [5.41, 5.74) is 0.0791. The van der Waals surface area contributed by atoms with Crippen LogP contribution in [0.3, 0.4) is 0 Å². The molecule has 100 valence electrons. The second-order valence-electron chi connectivity index (χ2n) is 4.69. The van der Waals surface area contributed by atoms with Crippen molar-refractivity contribution in [1.29, 1.82) is 0 Å². The standard InChI is InChI=1S/C13H16F3NO/c1-18-8-9-6-11(13(14,15)16)12(17-7-9)10-4-2-3-5-10/h6-7,10H,2-5,8H2,1H3. The van der Waals surface area contributed by atoms with E-state index in [4.69, 9.17) is 4.74 Å². The van der Waals surface area contributed by atoms with E-state index in [0.717, 1.165) is 25.7 Å². The van der Waals surface area contributed by atoms with Gasteiger partial charge in [-0.25, -0.2) is 0 Å². The van der Waals surface area contributed by atoms with Crippen molar-refractivity contribution in [2.45, 2.75) is 44.4 Å². The molecule has 0 aromatic carbocycles. The average molecular weight is 259 g/mol. The first kappa shape index (κ1) is 13.3. The van der Waals surface area contributed by atoms with Crippen LogP contribution < -0.4 is 0 Å². The SMILES string of the molecule is COCc1cnc(C2CCCC2)c(C(F)(F)F)c1. The third-order valence-electron chi connectivity index (χ3n) is 3.33. The average Bonchev–Trinajstić information content (AvgIpc) is 2.81. The Morgan fingerprint density at radius 1 is 1.33 bits per heavy atom. The van der Waals surface area contributed by atoms with E-state index in [2.05, 4.69) is 4.98 Å². The molecule has 5 heteroatoms. The van der Waals surface area contributed by atoms with Crippen molar-refractivity contribution in [3.63, 3.8) is 0 Å². The largest absolute Gasteiger partial charge is 0.418 e. The molecule has 0 atom stereocenters. The third-order valence-corrected chi connectivity index (χ3v) is 3.33. The topological polar surface area (TPSA) is 22.1 Å². The van der Waals surface area contributed by atoms with Crippen molar-refractivity contribution >= 4 is 0 Å². The van der Waals surface area contributed by atoms with Crippen LogP contribution in [0.5, 0.6) is 0 Å². The van der Waals surface area contributed by atoms with Gasteiger partial charge in [-0.15, -0.1) is 0 Å². The molecule has 1 aliphatic rings. The zero-order valence-corrected chi connectivity index (χ0v) is 10.3. The van der Waals surface area contributed by atoms with E-state index in [0.29, 0.717) is 5.56 Å². The molecule has 1 aliphatic carbocycles. The molecule has 1 fully saturated rings. The van der Waals surface area contributed by atoms with Gasteiger partial charge >= 0.3 is 6.18 Å². The molecule has 0 amide bonds. The van der Waals surface area contributed by atoms with E-state index in [1.807, 2.05) is 0 Å². The number of hydrogen-bond donors (Lipinski definition) is 0. The highest BCUT2D eigenvalue weighted by Gasteiger charge is 2.37. The highest BCUT2D eigenvalue weighted by Crippen LogP contribution is 2.40. The zero-order chi connectivity index (χ0) is 13.2. The van der Waals surface area contributed by atoms with E-state index in [1.54, 1.807) is 0 Å². The normalized spacial score (nSPS) is 17.3. The molecule has 0 bridgehead atoms. The molecule has 2 nitrogen and oxygen atoms in total. The van der Waals surface area contributed by atoms with Crippen molar-refractivity contribution in [3.05, 3.63) is 29.1 Å². The third kappa shape index (κ3) is 2.83. The summed E-state index contributed by atoms with van der Waals surface area (Å²) in [6, 6.07) is 1.17. The second kappa shape index (κ2) is 5.26.